The van der Waals surface area contributed by atoms with E-state index in [4.69, 9.17) is 0 Å². The number of phenolic OH excluding ortho intramolecular Hbond substituents is 1. The highest BCUT2D eigenvalue weighted by Gasteiger charge is 2.46. The lowest BCUT2D eigenvalue weighted by molar-refractivity contribution is -0.116. The molecule has 1 unspecified atom stereocenters. The lowest BCUT2D eigenvalue weighted by atomic mass is 9.67. The van der Waals surface area contributed by atoms with Crippen LogP contribution in [0.4, 0.5) is 0 Å². The number of phenols is 1. The number of Topliss-reactive ketones (excluding diaryl/α,β-unsaturated/α-hetero) is 1. The highest BCUT2D eigenvalue weighted by atomic mass is 16.3. The van der Waals surface area contributed by atoms with Crippen molar-refractivity contribution in [1.29, 1.82) is 0 Å². The number of hydrogen-bond donors (Lipinski definition) is 1. The first-order chi connectivity index (χ1) is 9.50. The Labute approximate surface area is 120 Å². The highest BCUT2D eigenvalue weighted by molar-refractivity contribution is 6.06. The Morgan fingerprint density at radius 1 is 1.30 bits per heavy atom. The van der Waals surface area contributed by atoms with Gasteiger partial charge in [0.2, 0.25) is 0 Å². The fraction of sp³-hybridized carbons (Fsp3) is 0.500. The van der Waals surface area contributed by atoms with Gasteiger partial charge in [0, 0.05) is 11.8 Å². The normalized spacial score (nSPS) is 24.9. The van der Waals surface area contributed by atoms with Crippen molar-refractivity contribution in [2.75, 3.05) is 0 Å². The molecule has 20 heavy (non-hydrogen) atoms. The number of hydrogen-bond acceptors (Lipinski definition) is 2. The van der Waals surface area contributed by atoms with Gasteiger partial charge in [0.25, 0.3) is 0 Å². The molecule has 2 aliphatic carbocycles. The van der Waals surface area contributed by atoms with Gasteiger partial charge < -0.3 is 5.11 Å². The third-order valence-electron chi connectivity index (χ3n) is 5.24. The minimum atomic E-state index is 0.133. The lowest BCUT2D eigenvalue weighted by Crippen LogP contribution is -2.27. The molecule has 0 saturated heterocycles. The van der Waals surface area contributed by atoms with E-state index in [1.54, 1.807) is 6.07 Å². The Hall–Kier alpha value is -1.57. The SMILES string of the molecule is CCCC12CCC(=O)C(C)=C1c1ccc(O)c(C)c1C2. The van der Waals surface area contributed by atoms with Crippen LogP contribution in [0.2, 0.25) is 0 Å². The number of fused-ring (bicyclic) bond motifs is 3. The lowest BCUT2D eigenvalue weighted by Gasteiger charge is -2.35. The van der Waals surface area contributed by atoms with Crippen molar-refractivity contribution in [3.63, 3.8) is 0 Å². The van der Waals surface area contributed by atoms with Crippen LogP contribution in [0.15, 0.2) is 17.7 Å². The molecular formula is C18H22O2. The van der Waals surface area contributed by atoms with Crippen LogP contribution in [0, 0.1) is 12.3 Å². The Morgan fingerprint density at radius 2 is 2.05 bits per heavy atom. The van der Waals surface area contributed by atoms with Gasteiger partial charge in [-0.2, -0.15) is 0 Å². The molecule has 0 heterocycles. The summed E-state index contributed by atoms with van der Waals surface area (Å²) in [5.41, 5.74) is 5.80. The Kier molecular flexibility index (Phi) is 3.00. The first-order valence-corrected chi connectivity index (χ1v) is 7.56. The largest absolute Gasteiger partial charge is 0.508 e. The summed E-state index contributed by atoms with van der Waals surface area (Å²) >= 11 is 0. The summed E-state index contributed by atoms with van der Waals surface area (Å²) in [7, 11) is 0. The molecule has 0 aromatic heterocycles. The van der Waals surface area contributed by atoms with Gasteiger partial charge >= 0.3 is 0 Å². The fourth-order valence-electron chi connectivity index (χ4n) is 4.23. The standard InChI is InChI=1S/C18H22O2/c1-4-8-18-9-7-16(20)12(3)17(18)13-5-6-15(19)11(2)14(13)10-18/h5-6,19H,4,7-10H2,1-3H3. The molecule has 106 valence electrons. The summed E-state index contributed by atoms with van der Waals surface area (Å²) in [5.74, 6) is 0.670. The number of allylic oxidation sites excluding steroid dienone is 2. The quantitative estimate of drug-likeness (QED) is 0.875. The summed E-state index contributed by atoms with van der Waals surface area (Å²) in [6.07, 6.45) is 4.87. The van der Waals surface area contributed by atoms with E-state index in [-0.39, 0.29) is 5.41 Å². The van der Waals surface area contributed by atoms with Crippen molar-refractivity contribution in [1.82, 2.24) is 0 Å². The van der Waals surface area contributed by atoms with Crippen LogP contribution in [-0.4, -0.2) is 10.9 Å². The fourth-order valence-corrected chi connectivity index (χ4v) is 4.23. The zero-order valence-corrected chi connectivity index (χ0v) is 12.5. The molecule has 1 N–H and O–H groups in total. The van der Waals surface area contributed by atoms with E-state index in [0.29, 0.717) is 18.0 Å². The molecule has 0 bridgehead atoms. The van der Waals surface area contributed by atoms with Crippen molar-refractivity contribution in [3.8, 4) is 5.75 Å². The second-order valence-corrected chi connectivity index (χ2v) is 6.37. The van der Waals surface area contributed by atoms with E-state index in [9.17, 15) is 9.90 Å². The first kappa shape index (κ1) is 13.4. The second-order valence-electron chi connectivity index (χ2n) is 6.37. The van der Waals surface area contributed by atoms with E-state index in [1.807, 2.05) is 19.9 Å². The highest BCUT2D eigenvalue weighted by Crippen LogP contribution is 2.57. The van der Waals surface area contributed by atoms with Gasteiger partial charge in [-0.3, -0.25) is 4.79 Å². The zero-order valence-electron chi connectivity index (χ0n) is 12.5. The molecule has 1 atom stereocenters. The average Bonchev–Trinajstić information content (AvgIpc) is 2.75. The predicted octanol–water partition coefficient (Wildman–Crippen LogP) is 4.18. The summed E-state index contributed by atoms with van der Waals surface area (Å²) in [6.45, 7) is 6.19. The molecule has 0 radical (unpaired) electrons. The van der Waals surface area contributed by atoms with Crippen LogP contribution < -0.4 is 0 Å². The Morgan fingerprint density at radius 3 is 2.75 bits per heavy atom. The van der Waals surface area contributed by atoms with Gasteiger partial charge in [0.1, 0.15) is 5.75 Å². The number of benzene rings is 1. The number of carbonyl (C=O) groups is 1. The predicted molar refractivity (Wildman–Crippen MR) is 80.7 cm³/mol. The molecule has 2 nitrogen and oxygen atoms in total. The molecule has 2 aliphatic rings. The van der Waals surface area contributed by atoms with Crippen LogP contribution in [0.25, 0.3) is 5.57 Å². The van der Waals surface area contributed by atoms with E-state index in [2.05, 4.69) is 6.92 Å². The second kappa shape index (κ2) is 4.47. The third kappa shape index (κ3) is 1.67. The smallest absolute Gasteiger partial charge is 0.158 e. The Bertz CT molecular complexity index is 625. The van der Waals surface area contributed by atoms with Crippen LogP contribution in [0.3, 0.4) is 0 Å². The van der Waals surface area contributed by atoms with Crippen LogP contribution in [0.1, 0.15) is 56.2 Å². The van der Waals surface area contributed by atoms with Gasteiger partial charge in [0.15, 0.2) is 5.78 Å². The van der Waals surface area contributed by atoms with Crippen molar-refractivity contribution in [2.45, 2.75) is 52.9 Å². The maximum absolute atomic E-state index is 12.1. The van der Waals surface area contributed by atoms with Gasteiger partial charge in [0.05, 0.1) is 0 Å². The number of rotatable bonds is 2. The molecular weight excluding hydrogens is 248 g/mol. The maximum atomic E-state index is 12.1. The number of carbonyl (C=O) groups excluding carboxylic acids is 1. The maximum Gasteiger partial charge on any atom is 0.158 e. The summed E-state index contributed by atoms with van der Waals surface area (Å²) in [4.78, 5) is 12.1. The molecule has 3 rings (SSSR count). The van der Waals surface area contributed by atoms with E-state index in [1.165, 1.54) is 16.7 Å². The summed E-state index contributed by atoms with van der Waals surface area (Å²) in [6, 6.07) is 3.78. The van der Waals surface area contributed by atoms with Gasteiger partial charge in [-0.1, -0.05) is 19.4 Å². The molecule has 1 aromatic carbocycles. The van der Waals surface area contributed by atoms with Crippen molar-refractivity contribution < 1.29 is 9.90 Å². The summed E-state index contributed by atoms with van der Waals surface area (Å²) < 4.78 is 0. The molecule has 0 saturated carbocycles. The van der Waals surface area contributed by atoms with Crippen molar-refractivity contribution in [2.24, 2.45) is 5.41 Å². The third-order valence-corrected chi connectivity index (χ3v) is 5.24. The number of aromatic hydroxyl groups is 1. The minimum absolute atomic E-state index is 0.133. The van der Waals surface area contributed by atoms with Crippen molar-refractivity contribution in [3.05, 3.63) is 34.4 Å². The zero-order chi connectivity index (χ0) is 14.5. The van der Waals surface area contributed by atoms with Gasteiger partial charge in [-0.05, 0) is 67.0 Å². The molecule has 0 spiro atoms. The van der Waals surface area contributed by atoms with E-state index >= 15 is 0 Å². The summed E-state index contributed by atoms with van der Waals surface area (Å²) in [5, 5.41) is 9.97. The average molecular weight is 270 g/mol. The van der Waals surface area contributed by atoms with Crippen LogP contribution >= 0.6 is 0 Å². The number of ketones is 1. The Balaban J connectivity index is 2.26. The molecule has 0 amide bonds. The molecule has 0 aliphatic heterocycles. The van der Waals surface area contributed by atoms with Crippen molar-refractivity contribution >= 4 is 11.4 Å². The first-order valence-electron chi connectivity index (χ1n) is 7.56. The minimum Gasteiger partial charge on any atom is -0.508 e. The monoisotopic (exact) mass is 270 g/mol. The molecule has 1 aromatic rings. The van der Waals surface area contributed by atoms with E-state index in [0.717, 1.165) is 36.8 Å². The molecule has 2 heteroatoms. The molecule has 0 fully saturated rings. The van der Waals surface area contributed by atoms with Gasteiger partial charge in [-0.15, -0.1) is 0 Å². The van der Waals surface area contributed by atoms with Crippen LogP contribution in [-0.2, 0) is 11.2 Å². The van der Waals surface area contributed by atoms with Gasteiger partial charge in [-0.25, -0.2) is 0 Å². The van der Waals surface area contributed by atoms with Crippen LogP contribution in [0.5, 0.6) is 5.75 Å². The topological polar surface area (TPSA) is 37.3 Å². The van der Waals surface area contributed by atoms with E-state index < -0.39 is 0 Å².